The minimum absolute atomic E-state index is 0.103. The fourth-order valence-electron chi connectivity index (χ4n) is 6.44. The molecule has 3 N–H and O–H groups in total. The van der Waals surface area contributed by atoms with Crippen LogP contribution in [0.5, 0.6) is 0 Å². The maximum Gasteiger partial charge on any atom is 0.333 e. The Morgan fingerprint density at radius 3 is 2.47 bits per heavy atom. The number of nitrogens with one attached hydrogen (secondary N) is 2. The van der Waals surface area contributed by atoms with E-state index in [9.17, 15) is 18.3 Å². The molecule has 1 heterocycles. The van der Waals surface area contributed by atoms with Crippen molar-refractivity contribution in [2.24, 2.45) is 5.92 Å². The van der Waals surface area contributed by atoms with Crippen LogP contribution >= 0.6 is 0 Å². The lowest BCUT2D eigenvalue weighted by atomic mass is 9.76. The van der Waals surface area contributed by atoms with Gasteiger partial charge in [0.1, 0.15) is 5.76 Å². The minimum atomic E-state index is -4.21. The molecule has 4 aliphatic carbocycles. The number of rotatable bonds is 3. The van der Waals surface area contributed by atoms with Crippen LogP contribution in [0.25, 0.3) is 0 Å². The van der Waals surface area contributed by atoms with Crippen molar-refractivity contribution >= 4 is 21.7 Å². The summed E-state index contributed by atoms with van der Waals surface area (Å²) >= 11 is 0. The van der Waals surface area contributed by atoms with Crippen LogP contribution in [-0.2, 0) is 41.3 Å². The SMILES string of the molecule is C[C@]1(O)c2cc(S(=O)(=O)NC(=O)Nc3c4c(cc5c3CCC5)CCC4)oc2[C@H]2CC[C@@H]1C2. The first kappa shape index (κ1) is 20.3. The Bertz CT molecular complexity index is 1210. The number of benzene rings is 1. The van der Waals surface area contributed by atoms with Crippen molar-refractivity contribution in [1.29, 1.82) is 0 Å². The van der Waals surface area contributed by atoms with E-state index in [1.165, 1.54) is 17.2 Å². The van der Waals surface area contributed by atoms with Crippen molar-refractivity contribution < 1.29 is 22.7 Å². The molecule has 32 heavy (non-hydrogen) atoms. The van der Waals surface area contributed by atoms with Gasteiger partial charge in [-0.25, -0.2) is 9.52 Å². The molecule has 1 aromatic heterocycles. The van der Waals surface area contributed by atoms with Crippen LogP contribution < -0.4 is 10.0 Å². The predicted molar refractivity (Wildman–Crippen MR) is 118 cm³/mol. The number of aliphatic hydroxyl groups is 1. The molecule has 0 spiro atoms. The normalized spacial score (nSPS) is 27.7. The van der Waals surface area contributed by atoms with E-state index in [2.05, 4.69) is 16.1 Å². The van der Waals surface area contributed by atoms with Crippen LogP contribution in [0.15, 0.2) is 21.6 Å². The van der Waals surface area contributed by atoms with E-state index >= 15 is 0 Å². The van der Waals surface area contributed by atoms with Crippen LogP contribution in [0.1, 0.15) is 78.5 Å². The molecule has 0 unspecified atom stereocenters. The molecule has 6 rings (SSSR count). The summed E-state index contributed by atoms with van der Waals surface area (Å²) in [5, 5.41) is 13.5. The van der Waals surface area contributed by atoms with Gasteiger partial charge in [0, 0.05) is 23.2 Å². The van der Waals surface area contributed by atoms with E-state index in [4.69, 9.17) is 4.42 Å². The number of hydrogen-bond acceptors (Lipinski definition) is 5. The number of amides is 2. The average Bonchev–Trinajstić information content (AvgIpc) is 3.50. The predicted octanol–water partition coefficient (Wildman–Crippen LogP) is 3.87. The second-order valence-electron chi connectivity index (χ2n) is 9.99. The lowest BCUT2D eigenvalue weighted by Crippen LogP contribution is -2.35. The van der Waals surface area contributed by atoms with E-state index in [1.54, 1.807) is 6.92 Å². The largest absolute Gasteiger partial charge is 0.447 e. The molecule has 8 heteroatoms. The highest BCUT2D eigenvalue weighted by Gasteiger charge is 2.49. The van der Waals surface area contributed by atoms with Gasteiger partial charge in [-0.15, -0.1) is 0 Å². The second-order valence-corrected chi connectivity index (χ2v) is 11.6. The van der Waals surface area contributed by atoms with Crippen LogP contribution in [0, 0.1) is 5.92 Å². The van der Waals surface area contributed by atoms with Crippen molar-refractivity contribution in [2.45, 2.75) is 81.3 Å². The summed E-state index contributed by atoms with van der Waals surface area (Å²) < 4.78 is 33.9. The maximum atomic E-state index is 13.0. The van der Waals surface area contributed by atoms with Crippen LogP contribution in [0.4, 0.5) is 10.5 Å². The number of sulfonamides is 1. The van der Waals surface area contributed by atoms with Crippen molar-refractivity contribution in [3.05, 3.63) is 45.7 Å². The van der Waals surface area contributed by atoms with Gasteiger partial charge in [-0.05, 0) is 92.9 Å². The summed E-state index contributed by atoms with van der Waals surface area (Å²) in [5.74, 6) is 0.775. The van der Waals surface area contributed by atoms with Crippen molar-refractivity contribution in [3.8, 4) is 0 Å². The topological polar surface area (TPSA) is 109 Å². The lowest BCUT2D eigenvalue weighted by molar-refractivity contribution is -0.0115. The number of fused-ring (bicyclic) bond motifs is 6. The molecule has 170 valence electrons. The third-order valence-electron chi connectivity index (χ3n) is 8.09. The quantitative estimate of drug-likeness (QED) is 0.650. The van der Waals surface area contributed by atoms with Crippen molar-refractivity contribution in [2.75, 3.05) is 5.32 Å². The first-order valence-corrected chi connectivity index (χ1v) is 13.1. The van der Waals surface area contributed by atoms with E-state index in [0.717, 1.165) is 74.6 Å². The maximum absolute atomic E-state index is 13.0. The molecule has 3 atom stereocenters. The molecule has 0 radical (unpaired) electrons. The number of furan rings is 1. The van der Waals surface area contributed by atoms with Gasteiger partial charge < -0.3 is 14.8 Å². The molecule has 0 aliphatic heterocycles. The molecule has 2 bridgehead atoms. The summed E-state index contributed by atoms with van der Waals surface area (Å²) in [6, 6.07) is 2.88. The Hall–Kier alpha value is -2.32. The van der Waals surface area contributed by atoms with Crippen LogP contribution in [0.3, 0.4) is 0 Å². The zero-order valence-corrected chi connectivity index (χ0v) is 19.0. The fraction of sp³-hybridized carbons (Fsp3) is 0.542. The van der Waals surface area contributed by atoms with Gasteiger partial charge in [0.15, 0.2) is 0 Å². The second kappa shape index (κ2) is 6.84. The van der Waals surface area contributed by atoms with Gasteiger partial charge in [-0.2, -0.15) is 8.42 Å². The van der Waals surface area contributed by atoms with Crippen molar-refractivity contribution in [3.63, 3.8) is 0 Å². The van der Waals surface area contributed by atoms with Gasteiger partial charge >= 0.3 is 6.03 Å². The minimum Gasteiger partial charge on any atom is -0.447 e. The molecular weight excluding hydrogens is 428 g/mol. The molecule has 7 nitrogen and oxygen atoms in total. The highest BCUT2D eigenvalue weighted by Crippen LogP contribution is 2.55. The third-order valence-corrected chi connectivity index (χ3v) is 9.27. The van der Waals surface area contributed by atoms with Gasteiger partial charge in [0.2, 0.25) is 5.09 Å². The number of carbonyl (C=O) groups is 1. The Kier molecular flexibility index (Phi) is 4.34. The van der Waals surface area contributed by atoms with Gasteiger partial charge in [-0.1, -0.05) is 6.07 Å². The Labute approximate surface area is 187 Å². The summed E-state index contributed by atoms with van der Waals surface area (Å²) in [7, 11) is -4.21. The number of anilines is 1. The molecular formula is C24H28N2O5S. The van der Waals surface area contributed by atoms with Gasteiger partial charge in [0.25, 0.3) is 10.0 Å². The van der Waals surface area contributed by atoms with E-state index < -0.39 is 21.7 Å². The fourth-order valence-corrected chi connectivity index (χ4v) is 7.31. The first-order valence-electron chi connectivity index (χ1n) is 11.6. The monoisotopic (exact) mass is 456 g/mol. The molecule has 1 saturated carbocycles. The number of hydrogen-bond donors (Lipinski definition) is 3. The molecule has 0 saturated heterocycles. The van der Waals surface area contributed by atoms with E-state index in [0.29, 0.717) is 11.3 Å². The number of urea groups is 1. The third kappa shape index (κ3) is 2.95. The highest BCUT2D eigenvalue weighted by molar-refractivity contribution is 7.89. The Balaban J connectivity index is 1.28. The molecule has 1 aromatic carbocycles. The number of aryl methyl sites for hydroxylation is 2. The molecule has 1 fully saturated rings. The van der Waals surface area contributed by atoms with Gasteiger partial charge in [-0.3, -0.25) is 0 Å². The summed E-state index contributed by atoms with van der Waals surface area (Å²) in [4.78, 5) is 12.8. The van der Waals surface area contributed by atoms with Gasteiger partial charge in [0.05, 0.1) is 5.60 Å². The van der Waals surface area contributed by atoms with Crippen molar-refractivity contribution in [1.82, 2.24) is 4.72 Å². The first-order chi connectivity index (χ1) is 15.2. The van der Waals surface area contributed by atoms with Crippen LogP contribution in [-0.4, -0.2) is 19.6 Å². The van der Waals surface area contributed by atoms with E-state index in [-0.39, 0.29) is 16.9 Å². The number of carbonyl (C=O) groups excluding carboxylic acids is 1. The Morgan fingerprint density at radius 2 is 1.78 bits per heavy atom. The zero-order valence-electron chi connectivity index (χ0n) is 18.2. The lowest BCUT2D eigenvalue weighted by Gasteiger charge is -2.33. The molecule has 2 aromatic rings. The standard InChI is InChI=1S/C24H28N2O5S/c1-24(28)16-9-8-15(11-16)22-19(24)12-20(31-22)32(29,30)26-23(27)25-21-17-6-2-4-13(17)10-14-5-3-7-18(14)21/h10,12,15-16,28H,2-9,11H2,1H3,(H2,25,26,27)/t15-,16+,24+/m0/s1. The highest BCUT2D eigenvalue weighted by atomic mass is 32.2. The molecule has 4 aliphatic rings. The summed E-state index contributed by atoms with van der Waals surface area (Å²) in [5.41, 5.74) is 5.01. The zero-order chi connectivity index (χ0) is 22.3. The summed E-state index contributed by atoms with van der Waals surface area (Å²) in [6.07, 6.45) is 8.45. The summed E-state index contributed by atoms with van der Waals surface area (Å²) in [6.45, 7) is 1.72. The van der Waals surface area contributed by atoms with E-state index in [1.807, 2.05) is 0 Å². The smallest absolute Gasteiger partial charge is 0.333 e. The van der Waals surface area contributed by atoms with Crippen LogP contribution in [0.2, 0.25) is 0 Å². The molecule has 2 amide bonds. The average molecular weight is 457 g/mol. The Morgan fingerprint density at radius 1 is 1.09 bits per heavy atom.